The van der Waals surface area contributed by atoms with Gasteiger partial charge in [-0.25, -0.2) is 4.98 Å². The van der Waals surface area contributed by atoms with Gasteiger partial charge in [-0.1, -0.05) is 12.1 Å². The summed E-state index contributed by atoms with van der Waals surface area (Å²) in [5.74, 6) is 0.802. The zero-order chi connectivity index (χ0) is 20.4. The maximum atomic E-state index is 12.6. The average molecular weight is 406 g/mol. The van der Waals surface area contributed by atoms with Gasteiger partial charge in [-0.2, -0.15) is 0 Å². The van der Waals surface area contributed by atoms with Crippen LogP contribution in [-0.2, 0) is 6.42 Å². The third-order valence-electron chi connectivity index (χ3n) is 4.99. The molecular formula is C23H23N3O2S. The molecule has 0 spiro atoms. The van der Waals surface area contributed by atoms with Crippen molar-refractivity contribution in [2.75, 3.05) is 12.8 Å². The molecule has 0 saturated carbocycles. The summed E-state index contributed by atoms with van der Waals surface area (Å²) >= 11 is 1.57. The fraction of sp³-hybridized carbons (Fsp3) is 0.261. The van der Waals surface area contributed by atoms with Crippen LogP contribution in [0, 0.1) is 13.8 Å². The van der Waals surface area contributed by atoms with Gasteiger partial charge < -0.3 is 10.1 Å². The number of carbonyl (C=O) groups excluding carboxylic acids is 1. The van der Waals surface area contributed by atoms with Crippen molar-refractivity contribution in [3.05, 3.63) is 71.2 Å². The maximum absolute atomic E-state index is 12.6. The zero-order valence-electron chi connectivity index (χ0n) is 16.7. The van der Waals surface area contributed by atoms with Crippen molar-refractivity contribution in [1.29, 1.82) is 0 Å². The smallest absolute Gasteiger partial charge is 0.252 e. The summed E-state index contributed by atoms with van der Waals surface area (Å²) in [4.78, 5) is 22.6. The van der Waals surface area contributed by atoms with Crippen molar-refractivity contribution in [3.8, 4) is 17.0 Å². The standard InChI is InChI=1S/C23H23N3O2S/c1-14-12-24-15(2)22(26-14)16-8-9-20-17(10-16)11-18(28-20)13-25-23(27)19-6-4-5-7-21(19)29-3/h4-10,12,18H,11,13H2,1-3H3,(H,25,27)/t18-/m0/s1. The number of carbonyl (C=O) groups is 1. The first-order chi connectivity index (χ1) is 14.0. The molecule has 148 valence electrons. The second-order valence-corrected chi connectivity index (χ2v) is 7.97. The van der Waals surface area contributed by atoms with E-state index in [1.54, 1.807) is 18.0 Å². The van der Waals surface area contributed by atoms with Crippen molar-refractivity contribution in [3.63, 3.8) is 0 Å². The van der Waals surface area contributed by atoms with Crippen LogP contribution >= 0.6 is 11.8 Å². The first-order valence-electron chi connectivity index (χ1n) is 9.56. The Balaban J connectivity index is 1.44. The highest BCUT2D eigenvalue weighted by atomic mass is 32.2. The molecule has 5 nitrogen and oxygen atoms in total. The third-order valence-corrected chi connectivity index (χ3v) is 5.79. The van der Waals surface area contributed by atoms with Crippen LogP contribution in [0.15, 0.2) is 53.6 Å². The van der Waals surface area contributed by atoms with Crippen molar-refractivity contribution in [2.45, 2.75) is 31.3 Å². The molecule has 0 fully saturated rings. The van der Waals surface area contributed by atoms with Gasteiger partial charge in [-0.05, 0) is 56.0 Å². The number of rotatable bonds is 5. The Labute approximate surface area is 174 Å². The van der Waals surface area contributed by atoms with Crippen molar-refractivity contribution >= 4 is 17.7 Å². The lowest BCUT2D eigenvalue weighted by Gasteiger charge is -2.13. The number of aryl methyl sites for hydroxylation is 2. The van der Waals surface area contributed by atoms with Crippen LogP contribution < -0.4 is 10.1 Å². The van der Waals surface area contributed by atoms with E-state index in [4.69, 9.17) is 4.74 Å². The van der Waals surface area contributed by atoms with E-state index in [1.165, 1.54) is 0 Å². The largest absolute Gasteiger partial charge is 0.488 e. The topological polar surface area (TPSA) is 64.1 Å². The summed E-state index contributed by atoms with van der Waals surface area (Å²) in [5.41, 5.74) is 5.58. The number of amides is 1. The molecule has 2 aromatic carbocycles. The molecule has 2 heterocycles. The molecule has 29 heavy (non-hydrogen) atoms. The van der Waals surface area contributed by atoms with Gasteiger partial charge >= 0.3 is 0 Å². The molecule has 6 heteroatoms. The Hall–Kier alpha value is -2.86. The average Bonchev–Trinajstić information content (AvgIpc) is 3.15. The van der Waals surface area contributed by atoms with Gasteiger partial charge in [0.2, 0.25) is 0 Å². The van der Waals surface area contributed by atoms with Crippen LogP contribution in [0.4, 0.5) is 0 Å². The van der Waals surface area contributed by atoms with Crippen LogP contribution in [0.3, 0.4) is 0 Å². The first kappa shape index (κ1) is 19.5. The number of hydrogen-bond acceptors (Lipinski definition) is 5. The molecule has 1 aliphatic rings. The lowest BCUT2D eigenvalue weighted by atomic mass is 10.0. The van der Waals surface area contributed by atoms with Crippen LogP contribution in [0.1, 0.15) is 27.3 Å². The summed E-state index contributed by atoms with van der Waals surface area (Å²) in [6.45, 7) is 4.38. The number of ether oxygens (including phenoxy) is 1. The fourth-order valence-electron chi connectivity index (χ4n) is 3.53. The number of aromatic nitrogens is 2. The summed E-state index contributed by atoms with van der Waals surface area (Å²) in [5, 5.41) is 3.01. The quantitative estimate of drug-likeness (QED) is 0.644. The SMILES string of the molecule is CSc1ccccc1C(=O)NC[C@@H]1Cc2cc(-c3nc(C)cnc3C)ccc2O1. The minimum Gasteiger partial charge on any atom is -0.488 e. The highest BCUT2D eigenvalue weighted by Crippen LogP contribution is 2.33. The second-order valence-electron chi connectivity index (χ2n) is 7.12. The predicted molar refractivity (Wildman–Crippen MR) is 116 cm³/mol. The van der Waals surface area contributed by atoms with E-state index in [1.807, 2.05) is 56.5 Å². The molecule has 1 atom stereocenters. The predicted octanol–water partition coefficient (Wildman–Crippen LogP) is 4.22. The fourth-order valence-corrected chi connectivity index (χ4v) is 4.12. The summed E-state index contributed by atoms with van der Waals surface area (Å²) in [6.07, 6.45) is 4.44. The van der Waals surface area contributed by atoms with E-state index in [-0.39, 0.29) is 12.0 Å². The molecule has 0 saturated heterocycles. The molecule has 0 bridgehead atoms. The molecule has 1 aromatic heterocycles. The molecular weight excluding hydrogens is 382 g/mol. The zero-order valence-corrected chi connectivity index (χ0v) is 17.5. The van der Waals surface area contributed by atoms with Gasteiger partial charge in [0, 0.05) is 23.1 Å². The minimum absolute atomic E-state index is 0.0687. The number of benzene rings is 2. The number of nitrogens with one attached hydrogen (secondary N) is 1. The molecule has 0 unspecified atom stereocenters. The number of nitrogens with zero attached hydrogens (tertiary/aromatic N) is 2. The van der Waals surface area contributed by atoms with Gasteiger partial charge in [0.05, 0.1) is 29.2 Å². The Morgan fingerprint density at radius 1 is 1.24 bits per heavy atom. The number of thioether (sulfide) groups is 1. The lowest BCUT2D eigenvalue weighted by molar-refractivity contribution is 0.0930. The van der Waals surface area contributed by atoms with Crippen molar-refractivity contribution in [1.82, 2.24) is 15.3 Å². The van der Waals surface area contributed by atoms with Crippen LogP contribution in [0.25, 0.3) is 11.3 Å². The third kappa shape index (κ3) is 4.12. The van der Waals surface area contributed by atoms with Gasteiger partial charge in [0.25, 0.3) is 5.91 Å². The monoisotopic (exact) mass is 405 g/mol. The van der Waals surface area contributed by atoms with E-state index in [9.17, 15) is 4.79 Å². The highest BCUT2D eigenvalue weighted by molar-refractivity contribution is 7.98. The van der Waals surface area contributed by atoms with Gasteiger partial charge in [0.1, 0.15) is 11.9 Å². The normalized spacial score (nSPS) is 14.9. The Morgan fingerprint density at radius 2 is 2.07 bits per heavy atom. The van der Waals surface area contributed by atoms with E-state index in [0.717, 1.165) is 45.3 Å². The summed E-state index contributed by atoms with van der Waals surface area (Å²) in [6, 6.07) is 13.8. The van der Waals surface area contributed by atoms with E-state index in [0.29, 0.717) is 12.1 Å². The van der Waals surface area contributed by atoms with Gasteiger partial charge in [-0.3, -0.25) is 9.78 Å². The van der Waals surface area contributed by atoms with Gasteiger partial charge in [-0.15, -0.1) is 11.8 Å². The van der Waals surface area contributed by atoms with Crippen LogP contribution in [-0.4, -0.2) is 34.8 Å². The van der Waals surface area contributed by atoms with Crippen molar-refractivity contribution in [2.24, 2.45) is 0 Å². The summed E-state index contributed by atoms with van der Waals surface area (Å²) < 4.78 is 6.04. The van der Waals surface area contributed by atoms with Crippen LogP contribution in [0.5, 0.6) is 5.75 Å². The van der Waals surface area contributed by atoms with Crippen molar-refractivity contribution < 1.29 is 9.53 Å². The summed E-state index contributed by atoms with van der Waals surface area (Å²) in [7, 11) is 0. The van der Waals surface area contributed by atoms with E-state index < -0.39 is 0 Å². The maximum Gasteiger partial charge on any atom is 0.252 e. The molecule has 3 aromatic rings. The minimum atomic E-state index is -0.0738. The molecule has 1 amide bonds. The molecule has 0 radical (unpaired) electrons. The Morgan fingerprint density at radius 3 is 2.90 bits per heavy atom. The van der Waals surface area contributed by atoms with Gasteiger partial charge in [0.15, 0.2) is 0 Å². The molecule has 1 N–H and O–H groups in total. The second kappa shape index (κ2) is 8.25. The van der Waals surface area contributed by atoms with E-state index >= 15 is 0 Å². The Kier molecular flexibility index (Phi) is 5.53. The lowest BCUT2D eigenvalue weighted by Crippen LogP contribution is -2.34. The Bertz CT molecular complexity index is 1070. The number of hydrogen-bond donors (Lipinski definition) is 1. The van der Waals surface area contributed by atoms with Crippen LogP contribution in [0.2, 0.25) is 0 Å². The highest BCUT2D eigenvalue weighted by Gasteiger charge is 2.24. The number of fused-ring (bicyclic) bond motifs is 1. The van der Waals surface area contributed by atoms with E-state index in [2.05, 4.69) is 21.4 Å². The molecule has 0 aliphatic carbocycles. The molecule has 4 rings (SSSR count). The molecule has 1 aliphatic heterocycles. The first-order valence-corrected chi connectivity index (χ1v) is 10.8.